The van der Waals surface area contributed by atoms with Crippen LogP contribution in [0, 0.1) is 5.82 Å². The summed E-state index contributed by atoms with van der Waals surface area (Å²) in [5.41, 5.74) is 5.96. The van der Waals surface area contributed by atoms with Crippen LogP contribution in [0.4, 0.5) is 26.2 Å². The van der Waals surface area contributed by atoms with Crippen molar-refractivity contribution in [3.63, 3.8) is 0 Å². The van der Waals surface area contributed by atoms with Gasteiger partial charge in [-0.15, -0.1) is 0 Å². The number of nitrogens with two attached hydrogens (primary N) is 1. The fourth-order valence-corrected chi connectivity index (χ4v) is 1.14. The summed E-state index contributed by atoms with van der Waals surface area (Å²) in [4.78, 5) is 11.9. The maximum atomic E-state index is 13.3. The lowest BCUT2D eigenvalue weighted by atomic mass is 10.2. The molecule has 6 heteroatoms. The van der Waals surface area contributed by atoms with Crippen LogP contribution >= 0.6 is 0 Å². The SMILES string of the molecule is CN(C)c1cc(NC(=O)O)c(N)cc1F. The lowest BCUT2D eigenvalue weighted by molar-refractivity contribution is 0.210. The van der Waals surface area contributed by atoms with E-state index in [9.17, 15) is 9.18 Å². The first-order valence-corrected chi connectivity index (χ1v) is 4.18. The number of carboxylic acid groups (broad SMARTS) is 1. The molecule has 0 saturated carbocycles. The zero-order valence-corrected chi connectivity index (χ0v) is 8.41. The Morgan fingerprint density at radius 3 is 2.60 bits per heavy atom. The molecule has 0 aliphatic rings. The molecule has 0 aliphatic heterocycles. The number of anilines is 3. The molecule has 5 nitrogen and oxygen atoms in total. The Balaban J connectivity index is 3.17. The van der Waals surface area contributed by atoms with Crippen LogP contribution in [0.2, 0.25) is 0 Å². The Hall–Kier alpha value is -1.98. The largest absolute Gasteiger partial charge is 0.465 e. The van der Waals surface area contributed by atoms with E-state index in [4.69, 9.17) is 10.8 Å². The summed E-state index contributed by atoms with van der Waals surface area (Å²) in [6.07, 6.45) is -1.24. The minimum absolute atomic E-state index is 0.0560. The molecule has 0 radical (unpaired) electrons. The molecule has 82 valence electrons. The van der Waals surface area contributed by atoms with Gasteiger partial charge in [-0.1, -0.05) is 0 Å². The molecule has 0 aliphatic carbocycles. The molecular weight excluding hydrogens is 201 g/mol. The lowest BCUT2D eigenvalue weighted by Gasteiger charge is -2.16. The van der Waals surface area contributed by atoms with Crippen LogP contribution < -0.4 is 16.0 Å². The molecule has 0 fully saturated rings. The van der Waals surface area contributed by atoms with Crippen LogP contribution in [0.15, 0.2) is 12.1 Å². The van der Waals surface area contributed by atoms with Crippen molar-refractivity contribution in [2.24, 2.45) is 0 Å². The number of hydrogen-bond acceptors (Lipinski definition) is 3. The number of nitrogens with one attached hydrogen (secondary N) is 1. The van der Waals surface area contributed by atoms with Gasteiger partial charge in [0.25, 0.3) is 0 Å². The molecule has 1 amide bonds. The van der Waals surface area contributed by atoms with E-state index >= 15 is 0 Å². The second-order valence-electron chi connectivity index (χ2n) is 3.22. The fraction of sp³-hybridized carbons (Fsp3) is 0.222. The van der Waals surface area contributed by atoms with Crippen molar-refractivity contribution in [2.45, 2.75) is 0 Å². The van der Waals surface area contributed by atoms with Crippen molar-refractivity contribution in [3.8, 4) is 0 Å². The van der Waals surface area contributed by atoms with Crippen molar-refractivity contribution in [1.29, 1.82) is 0 Å². The van der Waals surface area contributed by atoms with E-state index in [1.807, 2.05) is 0 Å². The van der Waals surface area contributed by atoms with Gasteiger partial charge in [0.05, 0.1) is 17.1 Å². The molecule has 1 rings (SSSR count). The smallest absolute Gasteiger partial charge is 0.409 e. The third kappa shape index (κ3) is 2.49. The molecule has 0 unspecified atom stereocenters. The molecular formula is C9H12FN3O2. The van der Waals surface area contributed by atoms with E-state index in [0.29, 0.717) is 0 Å². The summed E-state index contributed by atoms with van der Waals surface area (Å²) < 4.78 is 13.3. The number of carbonyl (C=O) groups is 1. The van der Waals surface area contributed by atoms with E-state index in [2.05, 4.69) is 5.32 Å². The first kappa shape index (κ1) is 11.1. The van der Waals surface area contributed by atoms with Gasteiger partial charge in [0.15, 0.2) is 0 Å². The highest BCUT2D eigenvalue weighted by Crippen LogP contribution is 2.27. The Morgan fingerprint density at radius 1 is 1.53 bits per heavy atom. The maximum absolute atomic E-state index is 13.3. The van der Waals surface area contributed by atoms with Gasteiger partial charge >= 0.3 is 6.09 Å². The molecule has 15 heavy (non-hydrogen) atoms. The number of rotatable bonds is 2. The minimum Gasteiger partial charge on any atom is -0.465 e. The Kier molecular flexibility index (Phi) is 2.99. The van der Waals surface area contributed by atoms with E-state index in [0.717, 1.165) is 6.07 Å². The third-order valence-corrected chi connectivity index (χ3v) is 1.84. The van der Waals surface area contributed by atoms with Crippen molar-refractivity contribution in [3.05, 3.63) is 17.9 Å². The van der Waals surface area contributed by atoms with E-state index in [1.165, 1.54) is 11.0 Å². The number of benzene rings is 1. The van der Waals surface area contributed by atoms with Gasteiger partial charge in [-0.2, -0.15) is 0 Å². The second kappa shape index (κ2) is 4.04. The molecule has 0 bridgehead atoms. The van der Waals surface area contributed by atoms with Crippen LogP contribution in [-0.2, 0) is 0 Å². The second-order valence-corrected chi connectivity index (χ2v) is 3.22. The number of amides is 1. The molecule has 0 aromatic heterocycles. The first-order chi connectivity index (χ1) is 6.91. The topological polar surface area (TPSA) is 78.6 Å². The predicted octanol–water partition coefficient (Wildman–Crippen LogP) is 1.56. The van der Waals surface area contributed by atoms with Gasteiger partial charge in [0.2, 0.25) is 0 Å². The highest BCUT2D eigenvalue weighted by Gasteiger charge is 2.10. The number of nitrogens with zero attached hydrogens (tertiary/aromatic N) is 1. The molecule has 1 aromatic rings. The molecule has 1 aromatic carbocycles. The summed E-state index contributed by atoms with van der Waals surface area (Å²) in [6.45, 7) is 0. The number of halogens is 1. The van der Waals surface area contributed by atoms with Crippen molar-refractivity contribution in [1.82, 2.24) is 0 Å². The van der Waals surface area contributed by atoms with Crippen molar-refractivity contribution >= 4 is 23.2 Å². The lowest BCUT2D eigenvalue weighted by Crippen LogP contribution is -2.14. The number of hydrogen-bond donors (Lipinski definition) is 3. The molecule has 0 spiro atoms. The van der Waals surface area contributed by atoms with Crippen LogP contribution in [-0.4, -0.2) is 25.3 Å². The fourth-order valence-electron chi connectivity index (χ4n) is 1.14. The predicted molar refractivity (Wildman–Crippen MR) is 56.8 cm³/mol. The highest BCUT2D eigenvalue weighted by atomic mass is 19.1. The van der Waals surface area contributed by atoms with E-state index in [1.54, 1.807) is 14.1 Å². The van der Waals surface area contributed by atoms with Crippen LogP contribution in [0.25, 0.3) is 0 Å². The van der Waals surface area contributed by atoms with Gasteiger partial charge in [-0.25, -0.2) is 9.18 Å². The zero-order chi connectivity index (χ0) is 11.6. The molecule has 0 heterocycles. The quantitative estimate of drug-likeness (QED) is 0.651. The van der Waals surface area contributed by atoms with Crippen LogP contribution in [0.3, 0.4) is 0 Å². The summed E-state index contributed by atoms with van der Waals surface area (Å²) in [6, 6.07) is 2.43. The normalized spacial score (nSPS) is 9.80. The summed E-state index contributed by atoms with van der Waals surface area (Å²) in [5.74, 6) is -0.492. The summed E-state index contributed by atoms with van der Waals surface area (Å²) in [5, 5.41) is 10.6. The average molecular weight is 213 g/mol. The molecule has 0 atom stereocenters. The summed E-state index contributed by atoms with van der Waals surface area (Å²) in [7, 11) is 3.30. The van der Waals surface area contributed by atoms with Crippen LogP contribution in [0.5, 0.6) is 0 Å². The molecule has 0 saturated heterocycles. The maximum Gasteiger partial charge on any atom is 0.409 e. The first-order valence-electron chi connectivity index (χ1n) is 4.18. The Labute approximate surface area is 86.3 Å². The third-order valence-electron chi connectivity index (χ3n) is 1.84. The number of nitrogen functional groups attached to an aromatic ring is 1. The van der Waals surface area contributed by atoms with E-state index in [-0.39, 0.29) is 17.1 Å². The minimum atomic E-state index is -1.24. The van der Waals surface area contributed by atoms with Gasteiger partial charge in [0.1, 0.15) is 5.82 Å². The van der Waals surface area contributed by atoms with E-state index < -0.39 is 11.9 Å². The molecule has 4 N–H and O–H groups in total. The monoisotopic (exact) mass is 213 g/mol. The van der Waals surface area contributed by atoms with Crippen molar-refractivity contribution in [2.75, 3.05) is 30.0 Å². The highest BCUT2D eigenvalue weighted by molar-refractivity contribution is 5.89. The summed E-state index contributed by atoms with van der Waals surface area (Å²) >= 11 is 0. The van der Waals surface area contributed by atoms with Gasteiger partial charge in [-0.05, 0) is 6.07 Å². The van der Waals surface area contributed by atoms with Crippen molar-refractivity contribution < 1.29 is 14.3 Å². The average Bonchev–Trinajstić information content (AvgIpc) is 2.08. The van der Waals surface area contributed by atoms with Gasteiger partial charge < -0.3 is 15.7 Å². The standard InChI is InChI=1S/C9H12FN3O2/c1-13(2)8-4-7(12-9(14)15)6(11)3-5(8)10/h3-4,12H,11H2,1-2H3,(H,14,15). The van der Waals surface area contributed by atoms with Gasteiger partial charge in [-0.3, -0.25) is 5.32 Å². The van der Waals surface area contributed by atoms with Crippen LogP contribution in [0.1, 0.15) is 0 Å². The Morgan fingerprint density at radius 2 is 2.13 bits per heavy atom. The van der Waals surface area contributed by atoms with Gasteiger partial charge in [0, 0.05) is 20.2 Å². The zero-order valence-electron chi connectivity index (χ0n) is 8.41. The Bertz CT molecular complexity index is 393.